The summed E-state index contributed by atoms with van der Waals surface area (Å²) in [6, 6.07) is 14.9. The van der Waals surface area contributed by atoms with Crippen molar-refractivity contribution in [3.63, 3.8) is 0 Å². The fourth-order valence-corrected chi connectivity index (χ4v) is 7.59. The van der Waals surface area contributed by atoms with Gasteiger partial charge in [0.25, 0.3) is 0 Å². The van der Waals surface area contributed by atoms with Crippen molar-refractivity contribution in [2.75, 3.05) is 26.3 Å². The number of para-hydroxylation sites is 1. The number of benzene rings is 2. The Labute approximate surface area is 284 Å². The number of aromatic nitrogens is 3. The number of hydrogen-bond donors (Lipinski definition) is 2. The number of likely N-dealkylation sites (tertiary alicyclic amines) is 1. The number of nitrogens with one attached hydrogen (secondary N) is 1. The van der Waals surface area contributed by atoms with Gasteiger partial charge < -0.3 is 29.7 Å². The topological polar surface area (TPSA) is 156 Å². The molecule has 1 spiro atoms. The number of esters is 1. The van der Waals surface area contributed by atoms with Crippen molar-refractivity contribution in [3.05, 3.63) is 85.5 Å². The monoisotopic (exact) mass is 670 g/mol. The van der Waals surface area contributed by atoms with Crippen LogP contribution in [0.15, 0.2) is 79.9 Å². The Morgan fingerprint density at radius 2 is 1.92 bits per heavy atom. The summed E-state index contributed by atoms with van der Waals surface area (Å²) in [5.41, 5.74) is 0.927. The van der Waals surface area contributed by atoms with Crippen LogP contribution in [0.3, 0.4) is 0 Å². The summed E-state index contributed by atoms with van der Waals surface area (Å²) < 4.78 is 13.7. The molecule has 0 saturated carbocycles. The summed E-state index contributed by atoms with van der Waals surface area (Å²) in [5.74, 6) is -3.32. The molecule has 2 N–H and O–H groups in total. The number of amides is 3. The number of aliphatic hydroxyl groups is 1. The van der Waals surface area contributed by atoms with E-state index in [2.05, 4.69) is 28.8 Å². The maximum atomic E-state index is 14.6. The van der Waals surface area contributed by atoms with E-state index in [-0.39, 0.29) is 57.6 Å². The molecule has 13 heteroatoms. The Bertz CT molecular complexity index is 1710. The second kappa shape index (κ2) is 14.7. The van der Waals surface area contributed by atoms with E-state index in [4.69, 9.17) is 9.47 Å². The van der Waals surface area contributed by atoms with E-state index in [0.29, 0.717) is 24.8 Å². The highest BCUT2D eigenvalue weighted by Crippen LogP contribution is 2.58. The van der Waals surface area contributed by atoms with E-state index in [1.807, 2.05) is 54.6 Å². The number of carbonyl (C=O) groups excluding carboxylic acids is 4. The van der Waals surface area contributed by atoms with Crippen molar-refractivity contribution in [1.29, 1.82) is 0 Å². The minimum absolute atomic E-state index is 0.0578. The molecule has 13 nitrogen and oxygen atoms in total. The van der Waals surface area contributed by atoms with Gasteiger partial charge in [0.1, 0.15) is 30.4 Å². The van der Waals surface area contributed by atoms with Crippen LogP contribution in [0, 0.1) is 11.8 Å². The molecule has 3 saturated heterocycles. The third-order valence-corrected chi connectivity index (χ3v) is 9.76. The van der Waals surface area contributed by atoms with Gasteiger partial charge in [-0.2, -0.15) is 0 Å². The maximum Gasteiger partial charge on any atom is 0.306 e. The molecule has 0 aliphatic carbocycles. The van der Waals surface area contributed by atoms with Gasteiger partial charge in [-0.05, 0) is 43.4 Å². The van der Waals surface area contributed by atoms with Crippen LogP contribution in [-0.2, 0) is 35.3 Å². The van der Waals surface area contributed by atoms with Gasteiger partial charge in [0.15, 0.2) is 0 Å². The summed E-state index contributed by atoms with van der Waals surface area (Å²) in [6.45, 7) is 7.57. The van der Waals surface area contributed by atoms with Crippen molar-refractivity contribution in [1.82, 2.24) is 30.1 Å². The number of aliphatic hydroxyl groups excluding tert-OH is 1. The lowest BCUT2D eigenvalue weighted by atomic mass is 9.70. The highest BCUT2D eigenvalue weighted by atomic mass is 16.5. The van der Waals surface area contributed by atoms with Gasteiger partial charge in [-0.3, -0.25) is 19.2 Å². The molecule has 4 heterocycles. The van der Waals surface area contributed by atoms with Crippen LogP contribution < -0.4 is 5.32 Å². The van der Waals surface area contributed by atoms with Gasteiger partial charge in [-0.15, -0.1) is 18.3 Å². The van der Waals surface area contributed by atoms with Crippen LogP contribution in [0.1, 0.15) is 43.7 Å². The molecule has 49 heavy (non-hydrogen) atoms. The fourth-order valence-electron chi connectivity index (χ4n) is 7.59. The highest BCUT2D eigenvalue weighted by Gasteiger charge is 2.74. The summed E-state index contributed by atoms with van der Waals surface area (Å²) in [4.78, 5) is 58.6. The van der Waals surface area contributed by atoms with Gasteiger partial charge >= 0.3 is 5.97 Å². The zero-order valence-electron chi connectivity index (χ0n) is 27.4. The van der Waals surface area contributed by atoms with Crippen LogP contribution in [0.25, 0.3) is 11.0 Å². The molecule has 1 aromatic heterocycles. The molecule has 3 aliphatic heterocycles. The predicted octanol–water partition coefficient (Wildman–Crippen LogP) is 2.53. The number of carbonyl (C=O) groups is 4. The lowest BCUT2D eigenvalue weighted by Gasteiger charge is -2.36. The van der Waals surface area contributed by atoms with Crippen LogP contribution in [0.2, 0.25) is 0 Å². The smallest absolute Gasteiger partial charge is 0.306 e. The Kier molecular flexibility index (Phi) is 10.2. The zero-order chi connectivity index (χ0) is 34.5. The molecular weight excluding hydrogens is 628 g/mol. The van der Waals surface area contributed by atoms with Crippen molar-refractivity contribution in [2.24, 2.45) is 11.8 Å². The molecule has 0 unspecified atom stereocenters. The number of hydrogen-bond acceptors (Lipinski definition) is 9. The number of fused-ring (bicyclic) bond motifs is 2. The molecule has 0 radical (unpaired) electrons. The summed E-state index contributed by atoms with van der Waals surface area (Å²) in [7, 11) is 0. The lowest BCUT2D eigenvalue weighted by molar-refractivity contribution is -0.149. The van der Waals surface area contributed by atoms with Gasteiger partial charge in [0, 0.05) is 26.1 Å². The first-order valence-corrected chi connectivity index (χ1v) is 16.7. The van der Waals surface area contributed by atoms with Gasteiger partial charge in [-0.25, -0.2) is 4.68 Å². The largest absolute Gasteiger partial charge is 0.463 e. The summed E-state index contributed by atoms with van der Waals surface area (Å²) >= 11 is 0. The van der Waals surface area contributed by atoms with Gasteiger partial charge in [-0.1, -0.05) is 59.8 Å². The first-order valence-electron chi connectivity index (χ1n) is 16.7. The fraction of sp³-hybridized carbons (Fsp3) is 0.444. The second-order valence-corrected chi connectivity index (χ2v) is 12.7. The van der Waals surface area contributed by atoms with Crippen molar-refractivity contribution >= 4 is 34.7 Å². The third kappa shape index (κ3) is 6.47. The average Bonchev–Trinajstić information content (AvgIpc) is 3.87. The molecule has 3 fully saturated rings. The quantitative estimate of drug-likeness (QED) is 0.173. The predicted molar refractivity (Wildman–Crippen MR) is 178 cm³/mol. The first-order chi connectivity index (χ1) is 23.8. The third-order valence-electron chi connectivity index (χ3n) is 9.76. The Morgan fingerprint density at radius 3 is 2.67 bits per heavy atom. The van der Waals surface area contributed by atoms with E-state index in [9.17, 15) is 24.3 Å². The zero-order valence-corrected chi connectivity index (χ0v) is 27.4. The molecule has 3 amide bonds. The lowest BCUT2D eigenvalue weighted by Crippen LogP contribution is -2.56. The molecule has 6 rings (SSSR count). The average molecular weight is 671 g/mol. The minimum Gasteiger partial charge on any atom is -0.463 e. The highest BCUT2D eigenvalue weighted by molar-refractivity contribution is 5.99. The molecule has 2 bridgehead atoms. The standard InChI is InChI=1S/C36H42N6O7/c1-3-5-16-29(44)48-22-26(24-12-7-6-8-13-24)37-33(45)30-28-17-18-36(49-28)31(30)34(46)41(20-11-21-43)32(36)35(47)40(19-4-2)23-42-27-15-10-9-14-25(27)38-39-42/h3-4,6-10,12-15,26,28,30-32,43H,1-2,5,11,16-23H2,(H,37,45)/t26-,28+,30-,31-,32+,36-/m1/s1. The van der Waals surface area contributed by atoms with Crippen LogP contribution in [0.5, 0.6) is 0 Å². The normalized spacial score (nSPS) is 24.4. The number of ether oxygens (including phenoxy) is 2. The number of nitrogens with zero attached hydrogens (tertiary/aromatic N) is 5. The number of allylic oxidation sites excluding steroid dienone is 1. The SMILES string of the molecule is C=CCCC(=O)OC[C@@H](NC(=O)[C@@H]1[C@@H]2CC[C@]3(O2)[C@H](C(=O)N(CC=C)Cn2nnc4ccccc42)N(CCCO)C(=O)[C@@H]13)c1ccccc1. The van der Waals surface area contributed by atoms with Gasteiger partial charge in [0.2, 0.25) is 17.7 Å². The molecule has 2 aromatic carbocycles. The van der Waals surface area contributed by atoms with Crippen LogP contribution in [0.4, 0.5) is 0 Å². The van der Waals surface area contributed by atoms with Crippen molar-refractivity contribution < 1.29 is 33.8 Å². The van der Waals surface area contributed by atoms with E-state index >= 15 is 0 Å². The number of rotatable bonds is 16. The van der Waals surface area contributed by atoms with Crippen molar-refractivity contribution in [2.45, 2.75) is 62.6 Å². The molecule has 6 atom stereocenters. The van der Waals surface area contributed by atoms with E-state index < -0.39 is 47.5 Å². The summed E-state index contributed by atoms with van der Waals surface area (Å²) in [5, 5.41) is 21.2. The Hall–Kier alpha value is -4.88. The minimum atomic E-state index is -1.24. The van der Waals surface area contributed by atoms with E-state index in [0.717, 1.165) is 11.1 Å². The maximum absolute atomic E-state index is 14.6. The van der Waals surface area contributed by atoms with Crippen LogP contribution in [-0.4, -0.2) is 97.6 Å². The summed E-state index contributed by atoms with van der Waals surface area (Å²) in [6.07, 6.45) is 4.47. The molecule has 258 valence electrons. The van der Waals surface area contributed by atoms with Crippen LogP contribution >= 0.6 is 0 Å². The first kappa shape index (κ1) is 34.0. The van der Waals surface area contributed by atoms with Gasteiger partial charge in [0.05, 0.1) is 29.5 Å². The Balaban J connectivity index is 1.28. The molecule has 3 aliphatic rings. The molecular formula is C36H42N6O7. The van der Waals surface area contributed by atoms with E-state index in [1.165, 1.54) is 4.90 Å². The second-order valence-electron chi connectivity index (χ2n) is 12.7. The van der Waals surface area contributed by atoms with Crippen molar-refractivity contribution in [3.8, 4) is 0 Å². The van der Waals surface area contributed by atoms with E-state index in [1.54, 1.807) is 21.7 Å². The Morgan fingerprint density at radius 1 is 1.14 bits per heavy atom. The molecule has 3 aromatic rings.